The third-order valence-corrected chi connectivity index (χ3v) is 3.97. The monoisotopic (exact) mass is 255 g/mol. The number of nitrogens with one attached hydrogen (secondary N) is 1. The van der Waals surface area contributed by atoms with Crippen LogP contribution in [0.3, 0.4) is 0 Å². The Hall–Kier alpha value is -1.06. The molecule has 0 saturated heterocycles. The molecule has 0 aromatic rings. The minimum absolute atomic E-state index is 0.143. The summed E-state index contributed by atoms with van der Waals surface area (Å²) < 4.78 is 0. The van der Waals surface area contributed by atoms with Crippen LogP contribution in [0.1, 0.15) is 58.8 Å². The van der Waals surface area contributed by atoms with E-state index in [-0.39, 0.29) is 23.7 Å². The van der Waals surface area contributed by atoms with Crippen molar-refractivity contribution in [2.45, 2.75) is 58.8 Å². The van der Waals surface area contributed by atoms with Gasteiger partial charge in [-0.25, -0.2) is 0 Å². The highest BCUT2D eigenvalue weighted by molar-refractivity contribution is 5.82. The van der Waals surface area contributed by atoms with E-state index >= 15 is 0 Å². The average Bonchev–Trinajstić information content (AvgIpc) is 2.34. The van der Waals surface area contributed by atoms with E-state index in [1.165, 1.54) is 6.42 Å². The lowest BCUT2D eigenvalue weighted by atomic mass is 9.75. The predicted molar refractivity (Wildman–Crippen MR) is 70.2 cm³/mol. The number of rotatable bonds is 6. The number of carboxylic acid groups (broad SMARTS) is 1. The molecule has 1 aliphatic carbocycles. The summed E-state index contributed by atoms with van der Waals surface area (Å²) in [6.45, 7) is 4.61. The van der Waals surface area contributed by atoms with Crippen molar-refractivity contribution in [1.29, 1.82) is 0 Å². The molecule has 0 aromatic carbocycles. The van der Waals surface area contributed by atoms with Crippen LogP contribution in [0.2, 0.25) is 0 Å². The molecule has 18 heavy (non-hydrogen) atoms. The van der Waals surface area contributed by atoms with E-state index in [2.05, 4.69) is 5.32 Å². The Morgan fingerprint density at radius 2 is 1.89 bits per heavy atom. The zero-order valence-electron chi connectivity index (χ0n) is 11.5. The molecule has 1 saturated carbocycles. The molecule has 1 atom stereocenters. The number of carbonyl (C=O) groups excluding carboxylic acids is 1. The van der Waals surface area contributed by atoms with E-state index in [9.17, 15) is 9.59 Å². The highest BCUT2D eigenvalue weighted by atomic mass is 16.4. The fourth-order valence-corrected chi connectivity index (χ4v) is 2.51. The van der Waals surface area contributed by atoms with E-state index in [0.29, 0.717) is 13.0 Å². The average molecular weight is 255 g/mol. The van der Waals surface area contributed by atoms with E-state index in [4.69, 9.17) is 5.11 Å². The van der Waals surface area contributed by atoms with Crippen molar-refractivity contribution < 1.29 is 14.7 Å². The number of hydrogen-bond acceptors (Lipinski definition) is 2. The summed E-state index contributed by atoms with van der Waals surface area (Å²) in [5.74, 6) is -0.408. The van der Waals surface area contributed by atoms with Crippen molar-refractivity contribution in [3.05, 3.63) is 0 Å². The van der Waals surface area contributed by atoms with Crippen molar-refractivity contribution in [2.24, 2.45) is 11.3 Å². The highest BCUT2D eigenvalue weighted by Gasteiger charge is 2.34. The second-order valence-corrected chi connectivity index (χ2v) is 5.87. The summed E-state index contributed by atoms with van der Waals surface area (Å²) in [6, 6.07) is 0. The van der Waals surface area contributed by atoms with Gasteiger partial charge in [0.15, 0.2) is 0 Å². The number of carbonyl (C=O) groups is 2. The summed E-state index contributed by atoms with van der Waals surface area (Å²) >= 11 is 0. The zero-order chi connectivity index (χ0) is 13.6. The minimum atomic E-state index is -0.771. The molecule has 4 heteroatoms. The van der Waals surface area contributed by atoms with Crippen molar-refractivity contribution in [1.82, 2.24) is 5.32 Å². The Morgan fingerprint density at radius 1 is 1.28 bits per heavy atom. The topological polar surface area (TPSA) is 66.4 Å². The Labute approximate surface area is 109 Å². The van der Waals surface area contributed by atoms with Crippen LogP contribution in [-0.4, -0.2) is 23.5 Å². The molecule has 4 nitrogen and oxygen atoms in total. The second kappa shape index (κ2) is 6.76. The normalized spacial score (nSPS) is 20.1. The molecule has 0 heterocycles. The van der Waals surface area contributed by atoms with Gasteiger partial charge in [0.05, 0.1) is 0 Å². The van der Waals surface area contributed by atoms with Gasteiger partial charge < -0.3 is 10.4 Å². The summed E-state index contributed by atoms with van der Waals surface area (Å²) in [5, 5.41) is 11.6. The van der Waals surface area contributed by atoms with Gasteiger partial charge in [-0.15, -0.1) is 0 Å². The van der Waals surface area contributed by atoms with Gasteiger partial charge in [0.2, 0.25) is 5.91 Å². The van der Waals surface area contributed by atoms with E-state index in [0.717, 1.165) is 25.7 Å². The Morgan fingerprint density at radius 3 is 2.44 bits per heavy atom. The summed E-state index contributed by atoms with van der Waals surface area (Å²) in [7, 11) is 0. The SMILES string of the molecule is CC(CCC(=O)O)CNC(=O)C1(C)CCCCC1. The largest absolute Gasteiger partial charge is 0.481 e. The van der Waals surface area contributed by atoms with Gasteiger partial charge in [0.25, 0.3) is 0 Å². The molecule has 1 amide bonds. The fraction of sp³-hybridized carbons (Fsp3) is 0.857. The molecule has 1 unspecified atom stereocenters. The lowest BCUT2D eigenvalue weighted by molar-refractivity contribution is -0.137. The maximum atomic E-state index is 12.1. The van der Waals surface area contributed by atoms with Crippen molar-refractivity contribution >= 4 is 11.9 Å². The molecule has 1 rings (SSSR count). The summed E-state index contributed by atoms with van der Waals surface area (Å²) in [5.41, 5.74) is -0.204. The molecule has 1 aliphatic rings. The number of amides is 1. The lowest BCUT2D eigenvalue weighted by Crippen LogP contribution is -2.41. The minimum Gasteiger partial charge on any atom is -0.481 e. The Kier molecular flexibility index (Phi) is 5.63. The van der Waals surface area contributed by atoms with Gasteiger partial charge in [0.1, 0.15) is 0 Å². The van der Waals surface area contributed by atoms with Gasteiger partial charge in [-0.3, -0.25) is 9.59 Å². The third-order valence-electron chi connectivity index (χ3n) is 3.97. The summed E-state index contributed by atoms with van der Waals surface area (Å²) in [4.78, 5) is 22.6. The van der Waals surface area contributed by atoms with Crippen molar-refractivity contribution in [3.63, 3.8) is 0 Å². The lowest BCUT2D eigenvalue weighted by Gasteiger charge is -2.32. The van der Waals surface area contributed by atoms with E-state index < -0.39 is 5.97 Å². The van der Waals surface area contributed by atoms with Crippen LogP contribution in [-0.2, 0) is 9.59 Å². The van der Waals surface area contributed by atoms with Gasteiger partial charge in [-0.1, -0.05) is 33.1 Å². The van der Waals surface area contributed by atoms with Gasteiger partial charge in [-0.05, 0) is 25.2 Å². The first kappa shape index (κ1) is 15.0. The molecule has 2 N–H and O–H groups in total. The smallest absolute Gasteiger partial charge is 0.303 e. The molecule has 1 fully saturated rings. The van der Waals surface area contributed by atoms with Crippen LogP contribution in [0.5, 0.6) is 0 Å². The van der Waals surface area contributed by atoms with Gasteiger partial charge in [-0.2, -0.15) is 0 Å². The molecule has 0 aromatic heterocycles. The molecule has 104 valence electrons. The number of hydrogen-bond donors (Lipinski definition) is 2. The number of aliphatic carboxylic acids is 1. The molecule has 0 spiro atoms. The zero-order valence-corrected chi connectivity index (χ0v) is 11.5. The quantitative estimate of drug-likeness (QED) is 0.766. The first-order valence-corrected chi connectivity index (χ1v) is 6.94. The van der Waals surface area contributed by atoms with Crippen molar-refractivity contribution in [3.8, 4) is 0 Å². The van der Waals surface area contributed by atoms with Crippen LogP contribution in [0.15, 0.2) is 0 Å². The molecule has 0 aliphatic heterocycles. The van der Waals surface area contributed by atoms with Gasteiger partial charge >= 0.3 is 5.97 Å². The first-order valence-electron chi connectivity index (χ1n) is 6.94. The Bertz CT molecular complexity index is 295. The van der Waals surface area contributed by atoms with Crippen LogP contribution in [0, 0.1) is 11.3 Å². The van der Waals surface area contributed by atoms with Gasteiger partial charge in [0, 0.05) is 18.4 Å². The molecule has 0 bridgehead atoms. The van der Waals surface area contributed by atoms with Crippen molar-refractivity contribution in [2.75, 3.05) is 6.54 Å². The molecular formula is C14H25NO3. The maximum Gasteiger partial charge on any atom is 0.303 e. The van der Waals surface area contributed by atoms with E-state index in [1.54, 1.807) is 0 Å². The third kappa shape index (κ3) is 4.67. The molecule has 0 radical (unpaired) electrons. The number of carboxylic acids is 1. The maximum absolute atomic E-state index is 12.1. The van der Waals surface area contributed by atoms with Crippen LogP contribution >= 0.6 is 0 Å². The highest BCUT2D eigenvalue weighted by Crippen LogP contribution is 2.35. The van der Waals surface area contributed by atoms with Crippen LogP contribution in [0.4, 0.5) is 0 Å². The first-order chi connectivity index (χ1) is 8.44. The van der Waals surface area contributed by atoms with Crippen LogP contribution in [0.25, 0.3) is 0 Å². The molecular weight excluding hydrogens is 230 g/mol. The van der Waals surface area contributed by atoms with Crippen LogP contribution < -0.4 is 5.32 Å². The summed E-state index contributed by atoms with van der Waals surface area (Å²) in [6.07, 6.45) is 6.25. The van der Waals surface area contributed by atoms with E-state index in [1.807, 2.05) is 13.8 Å². The second-order valence-electron chi connectivity index (χ2n) is 5.87. The standard InChI is InChI=1S/C14H25NO3/c1-11(6-7-12(16)17)10-15-13(18)14(2)8-4-3-5-9-14/h11H,3-10H2,1-2H3,(H,15,18)(H,16,17). The fourth-order valence-electron chi connectivity index (χ4n) is 2.51. The Balaban J connectivity index is 2.29. The predicted octanol–water partition coefficient (Wildman–Crippen LogP) is 2.57.